The Labute approximate surface area is 387 Å². The highest BCUT2D eigenvalue weighted by Gasteiger charge is 2.46. The summed E-state index contributed by atoms with van der Waals surface area (Å²) in [6.45, 7) is 12.1. The Kier molecular flexibility index (Phi) is 14.2. The lowest BCUT2D eigenvalue weighted by molar-refractivity contribution is -0.141. The van der Waals surface area contributed by atoms with E-state index in [-0.39, 0.29) is 72.2 Å². The van der Waals surface area contributed by atoms with Crippen LogP contribution in [0.25, 0.3) is 33.6 Å². The lowest BCUT2D eigenvalue weighted by Gasteiger charge is -2.39. The summed E-state index contributed by atoms with van der Waals surface area (Å²) >= 11 is 0. The van der Waals surface area contributed by atoms with Crippen molar-refractivity contribution in [3.63, 3.8) is 0 Å². The summed E-state index contributed by atoms with van der Waals surface area (Å²) < 4.78 is 21.8. The molecule has 4 N–H and O–H groups in total. The molecule has 4 amide bonds. The van der Waals surface area contributed by atoms with Gasteiger partial charge in [0.05, 0.1) is 62.1 Å². The molecule has 0 unspecified atom stereocenters. The van der Waals surface area contributed by atoms with Crippen LogP contribution in [0.2, 0.25) is 0 Å². The zero-order chi connectivity index (χ0) is 46.8. The number of rotatable bonds is 11. The van der Waals surface area contributed by atoms with E-state index < -0.39 is 24.3 Å². The van der Waals surface area contributed by atoms with Crippen LogP contribution in [0.1, 0.15) is 117 Å². The number of ether oxygens (including phenoxy) is 4. The standard InChI is InChI=1S/C50H66N8O8/c1-27-9-19-41(57(27)47(59)43(55-49(61)63-7)37-21-29(3)65-30(4)22-37)45-51-25-39(53-45)35-15-11-33(12-16-35)34-13-17-36(18-14-34)40-26-52-46(54-40)42-20-10-28(2)58(42)48(60)44(56-50(62)64-8)38-23-31(5)66-32(6)24-38/h11-18,25-32,37-38,41-44H,9-10,19-24H2,1-8H3,(H,51,53)(H,52,54)(H,55,61)(H,56,62)/t27-,28-,29+,30+,31+,32+,41-,42-,43-,44-/m0/s1. The molecule has 6 heterocycles. The number of benzene rings is 2. The molecule has 0 saturated carbocycles. The fraction of sp³-hybridized carbons (Fsp3) is 0.560. The van der Waals surface area contributed by atoms with Gasteiger partial charge in [-0.2, -0.15) is 0 Å². The van der Waals surface area contributed by atoms with Crippen LogP contribution in [-0.2, 0) is 28.5 Å². The molecule has 16 heteroatoms. The molecule has 4 aliphatic rings. The van der Waals surface area contributed by atoms with Crippen molar-refractivity contribution in [3.8, 4) is 33.6 Å². The third-order valence-electron chi connectivity index (χ3n) is 14.2. The number of aromatic amines is 2. The summed E-state index contributed by atoms with van der Waals surface area (Å²) in [6, 6.07) is 14.5. The number of amides is 4. The Morgan fingerprint density at radius 2 is 0.894 bits per heavy atom. The largest absolute Gasteiger partial charge is 0.453 e. The predicted molar refractivity (Wildman–Crippen MR) is 248 cm³/mol. The molecule has 2 aromatic carbocycles. The molecular formula is C50H66N8O8. The quantitative estimate of drug-likeness (QED) is 0.114. The maximum Gasteiger partial charge on any atom is 0.407 e. The number of imidazole rings is 2. The molecular weight excluding hydrogens is 841 g/mol. The molecule has 354 valence electrons. The average molecular weight is 907 g/mol. The molecule has 4 aromatic rings. The lowest BCUT2D eigenvalue weighted by Crippen LogP contribution is -2.55. The minimum absolute atomic E-state index is 0.0243. The zero-order valence-electron chi connectivity index (χ0n) is 39.4. The van der Waals surface area contributed by atoms with Gasteiger partial charge >= 0.3 is 12.2 Å². The summed E-state index contributed by atoms with van der Waals surface area (Å²) in [5, 5.41) is 5.75. The number of aromatic nitrogens is 4. The van der Waals surface area contributed by atoms with Gasteiger partial charge in [-0.1, -0.05) is 48.5 Å². The summed E-state index contributed by atoms with van der Waals surface area (Å²) in [6.07, 6.45) is 8.23. The maximum atomic E-state index is 14.4. The van der Waals surface area contributed by atoms with Crippen LogP contribution in [0.4, 0.5) is 9.59 Å². The number of alkyl carbamates (subject to hydrolysis) is 2. The SMILES string of the molecule is COC(=O)N[C@H](C(=O)N1[C@@H](C)CC[C@H]1c1nc(-c2ccc(-c3ccc(-c4c[nH]c([C@@H]5CC[C@H](C)N5C(=O)[C@@H](NC(=O)OC)C5C[C@@H](C)O[C@H](C)C5)n4)cc3)cc2)c[nH]1)C1C[C@@H](C)O[C@H](C)C1. The van der Waals surface area contributed by atoms with E-state index in [1.807, 2.05) is 49.9 Å². The van der Waals surface area contributed by atoms with E-state index >= 15 is 0 Å². The topological polar surface area (TPSA) is 193 Å². The van der Waals surface area contributed by atoms with Crippen molar-refractivity contribution in [2.24, 2.45) is 11.8 Å². The number of H-pyrrole nitrogens is 2. The van der Waals surface area contributed by atoms with E-state index in [1.165, 1.54) is 14.2 Å². The molecule has 4 aliphatic heterocycles. The van der Waals surface area contributed by atoms with Gasteiger partial charge in [0, 0.05) is 35.6 Å². The first-order chi connectivity index (χ1) is 31.7. The normalized spacial score (nSPS) is 28.7. The summed E-state index contributed by atoms with van der Waals surface area (Å²) in [5.74, 6) is 1.01. The second-order valence-corrected chi connectivity index (χ2v) is 19.1. The van der Waals surface area contributed by atoms with Crippen molar-refractivity contribution in [2.75, 3.05) is 14.2 Å². The predicted octanol–water partition coefficient (Wildman–Crippen LogP) is 8.09. The first-order valence-electron chi connectivity index (χ1n) is 23.7. The van der Waals surface area contributed by atoms with E-state index in [4.69, 9.17) is 28.9 Å². The number of nitrogens with one attached hydrogen (secondary N) is 4. The summed E-state index contributed by atoms with van der Waals surface area (Å²) in [4.78, 5) is 74.4. The second kappa shape index (κ2) is 20.0. The molecule has 4 fully saturated rings. The number of hydrogen-bond donors (Lipinski definition) is 4. The van der Waals surface area contributed by atoms with Gasteiger partial charge in [-0.15, -0.1) is 0 Å². The number of carbonyl (C=O) groups excluding carboxylic acids is 4. The fourth-order valence-corrected chi connectivity index (χ4v) is 11.1. The number of methoxy groups -OCH3 is 2. The molecule has 0 bridgehead atoms. The minimum Gasteiger partial charge on any atom is -0.453 e. The van der Waals surface area contributed by atoms with Crippen molar-refractivity contribution >= 4 is 24.0 Å². The summed E-state index contributed by atoms with van der Waals surface area (Å²) in [7, 11) is 2.63. The number of likely N-dealkylation sites (tertiary alicyclic amines) is 2. The molecule has 0 spiro atoms. The number of carbonyl (C=O) groups is 4. The lowest BCUT2D eigenvalue weighted by atomic mass is 9.85. The molecule has 66 heavy (non-hydrogen) atoms. The minimum atomic E-state index is -0.737. The molecule has 16 nitrogen and oxygen atoms in total. The molecule has 2 aromatic heterocycles. The Morgan fingerprint density at radius 1 is 0.561 bits per heavy atom. The number of hydrogen-bond acceptors (Lipinski definition) is 10. The van der Waals surface area contributed by atoms with Crippen molar-refractivity contribution in [2.45, 2.75) is 154 Å². The van der Waals surface area contributed by atoms with Crippen LogP contribution in [0.3, 0.4) is 0 Å². The highest BCUT2D eigenvalue weighted by Crippen LogP contribution is 2.40. The van der Waals surface area contributed by atoms with Crippen molar-refractivity contribution < 1.29 is 38.1 Å². The van der Waals surface area contributed by atoms with E-state index in [2.05, 4.69) is 83.0 Å². The van der Waals surface area contributed by atoms with Crippen LogP contribution in [-0.4, -0.2) is 117 Å². The van der Waals surface area contributed by atoms with Crippen LogP contribution >= 0.6 is 0 Å². The molecule has 0 radical (unpaired) electrons. The molecule has 10 atom stereocenters. The van der Waals surface area contributed by atoms with Gasteiger partial charge in [-0.25, -0.2) is 19.6 Å². The van der Waals surface area contributed by atoms with Crippen molar-refractivity contribution in [3.05, 3.63) is 72.6 Å². The zero-order valence-corrected chi connectivity index (χ0v) is 39.4. The Hall–Kier alpha value is -5.74. The van der Waals surface area contributed by atoms with Crippen LogP contribution in [0, 0.1) is 11.8 Å². The van der Waals surface area contributed by atoms with Gasteiger partial charge in [0.1, 0.15) is 23.7 Å². The van der Waals surface area contributed by atoms with Gasteiger partial charge in [0.25, 0.3) is 0 Å². The van der Waals surface area contributed by atoms with E-state index in [0.29, 0.717) is 25.7 Å². The Balaban J connectivity index is 0.936. The molecule has 0 aliphatic carbocycles. The van der Waals surface area contributed by atoms with Crippen molar-refractivity contribution in [1.29, 1.82) is 0 Å². The molecule has 8 rings (SSSR count). The summed E-state index contributed by atoms with van der Waals surface area (Å²) in [5.41, 5.74) is 5.54. The second-order valence-electron chi connectivity index (χ2n) is 19.1. The van der Waals surface area contributed by atoms with Crippen molar-refractivity contribution in [1.82, 2.24) is 40.4 Å². The first-order valence-corrected chi connectivity index (χ1v) is 23.7. The van der Waals surface area contributed by atoms with Gasteiger partial charge in [0.2, 0.25) is 11.8 Å². The highest BCUT2D eigenvalue weighted by atomic mass is 16.5. The van der Waals surface area contributed by atoms with Gasteiger partial charge in [0.15, 0.2) is 0 Å². The van der Waals surface area contributed by atoms with E-state index in [1.54, 1.807) is 0 Å². The van der Waals surface area contributed by atoms with Crippen LogP contribution < -0.4 is 10.6 Å². The van der Waals surface area contributed by atoms with Gasteiger partial charge in [-0.05, 0) is 116 Å². The smallest absolute Gasteiger partial charge is 0.407 e. The molecule has 4 saturated heterocycles. The third kappa shape index (κ3) is 9.99. The number of nitrogens with zero attached hydrogens (tertiary/aromatic N) is 4. The Bertz CT molecular complexity index is 2150. The monoisotopic (exact) mass is 907 g/mol. The maximum absolute atomic E-state index is 14.4. The van der Waals surface area contributed by atoms with Crippen LogP contribution in [0.5, 0.6) is 0 Å². The van der Waals surface area contributed by atoms with E-state index in [9.17, 15) is 19.2 Å². The third-order valence-corrected chi connectivity index (χ3v) is 14.2. The first kappa shape index (κ1) is 46.8. The highest BCUT2D eigenvalue weighted by molar-refractivity contribution is 5.88. The van der Waals surface area contributed by atoms with E-state index in [0.717, 1.165) is 71.0 Å². The Morgan fingerprint density at radius 3 is 1.23 bits per heavy atom. The van der Waals surface area contributed by atoms with Gasteiger partial charge in [-0.3, -0.25) is 9.59 Å². The van der Waals surface area contributed by atoms with Gasteiger partial charge < -0.3 is 49.3 Å². The average Bonchev–Trinajstić information content (AvgIpc) is 4.13. The fourth-order valence-electron chi connectivity index (χ4n) is 11.1. The van der Waals surface area contributed by atoms with Crippen LogP contribution in [0.15, 0.2) is 60.9 Å².